The van der Waals surface area contributed by atoms with Crippen LogP contribution in [0.15, 0.2) is 67.4 Å². The van der Waals surface area contributed by atoms with Crippen LogP contribution in [0, 0.1) is 0 Å². The van der Waals surface area contributed by atoms with Gasteiger partial charge in [0.25, 0.3) is 5.79 Å². The molecule has 0 radical (unpaired) electrons. The predicted molar refractivity (Wildman–Crippen MR) is 90.2 cm³/mol. The zero-order chi connectivity index (χ0) is 18.3. The molecule has 0 unspecified atom stereocenters. The van der Waals surface area contributed by atoms with Gasteiger partial charge >= 0.3 is 6.16 Å². The molecule has 0 atom stereocenters. The molecule has 0 saturated heterocycles. The minimum atomic E-state index is -1.56. The van der Waals surface area contributed by atoms with Crippen LogP contribution < -0.4 is 4.74 Å². The lowest BCUT2D eigenvalue weighted by Crippen LogP contribution is -2.39. The first-order valence-electron chi connectivity index (χ1n) is 7.37. The van der Waals surface area contributed by atoms with Crippen molar-refractivity contribution < 1.29 is 28.5 Å². The van der Waals surface area contributed by atoms with Crippen LogP contribution in [-0.4, -0.2) is 26.2 Å². The van der Waals surface area contributed by atoms with Crippen molar-refractivity contribution in [3.8, 4) is 5.75 Å². The van der Waals surface area contributed by atoms with E-state index in [2.05, 4.69) is 11.3 Å². The second-order valence-electron chi connectivity index (χ2n) is 4.88. The molecule has 0 N–H and O–H groups in total. The van der Waals surface area contributed by atoms with Crippen molar-refractivity contribution in [1.82, 2.24) is 0 Å². The molecule has 130 valence electrons. The van der Waals surface area contributed by atoms with E-state index < -0.39 is 11.9 Å². The number of methoxy groups -OCH3 is 2. The van der Waals surface area contributed by atoms with E-state index in [1.165, 1.54) is 38.5 Å². The highest BCUT2D eigenvalue weighted by Gasteiger charge is 2.41. The molecule has 0 aliphatic rings. The van der Waals surface area contributed by atoms with Crippen molar-refractivity contribution in [1.29, 1.82) is 0 Å². The normalized spacial score (nSPS) is 10.8. The summed E-state index contributed by atoms with van der Waals surface area (Å²) in [6, 6.07) is 14.9. The van der Waals surface area contributed by atoms with Crippen molar-refractivity contribution in [2.75, 3.05) is 14.2 Å². The van der Waals surface area contributed by atoms with Gasteiger partial charge in [-0.25, -0.2) is 4.79 Å². The van der Waals surface area contributed by atoms with Gasteiger partial charge < -0.3 is 18.9 Å². The van der Waals surface area contributed by atoms with Gasteiger partial charge in [-0.2, -0.15) is 0 Å². The number of carbonyl (C=O) groups excluding carboxylic acids is 2. The number of benzene rings is 2. The molecule has 0 spiro atoms. The summed E-state index contributed by atoms with van der Waals surface area (Å²) in [7, 11) is 2.80. The summed E-state index contributed by atoms with van der Waals surface area (Å²) in [5, 5.41) is 0. The molecule has 6 nitrogen and oxygen atoms in total. The molecule has 0 bridgehead atoms. The average molecular weight is 342 g/mol. The van der Waals surface area contributed by atoms with Crippen molar-refractivity contribution in [2.45, 2.75) is 5.79 Å². The number of ether oxygens (including phenoxy) is 4. The number of hydrogen-bond acceptors (Lipinski definition) is 6. The van der Waals surface area contributed by atoms with E-state index in [0.29, 0.717) is 11.1 Å². The molecule has 2 rings (SSSR count). The van der Waals surface area contributed by atoms with Gasteiger partial charge in [0.05, 0.1) is 6.26 Å². The topological polar surface area (TPSA) is 71.1 Å². The molecule has 0 aliphatic heterocycles. The fourth-order valence-corrected chi connectivity index (χ4v) is 2.35. The lowest BCUT2D eigenvalue weighted by atomic mass is 9.96. The standard InChI is InChI=1S/C19H18O6/c1-4-24-18(21)25-16-12-10-14(11-13-16)17(20)19(22-2,23-3)15-8-6-5-7-9-15/h4-13H,1H2,2-3H3. The Balaban J connectivity index is 2.28. The third-order valence-corrected chi connectivity index (χ3v) is 3.52. The number of carbonyl (C=O) groups is 2. The average Bonchev–Trinajstić information content (AvgIpc) is 2.65. The van der Waals surface area contributed by atoms with Crippen LogP contribution in [0.5, 0.6) is 5.75 Å². The summed E-state index contributed by atoms with van der Waals surface area (Å²) in [6.45, 7) is 3.26. The van der Waals surface area contributed by atoms with Gasteiger partial charge in [-0.15, -0.1) is 0 Å². The van der Waals surface area contributed by atoms with Gasteiger partial charge in [-0.3, -0.25) is 4.79 Å². The van der Waals surface area contributed by atoms with E-state index in [9.17, 15) is 9.59 Å². The number of rotatable bonds is 7. The van der Waals surface area contributed by atoms with Crippen molar-refractivity contribution >= 4 is 11.9 Å². The molecule has 2 aromatic rings. The van der Waals surface area contributed by atoms with Crippen LogP contribution in [-0.2, 0) is 20.0 Å². The first kappa shape index (κ1) is 18.4. The Hall–Kier alpha value is -2.96. The van der Waals surface area contributed by atoms with Crippen LogP contribution in [0.25, 0.3) is 0 Å². The summed E-state index contributed by atoms with van der Waals surface area (Å²) in [6.07, 6.45) is 0.0486. The Morgan fingerprint density at radius 1 is 0.960 bits per heavy atom. The molecule has 0 heterocycles. The second-order valence-corrected chi connectivity index (χ2v) is 4.88. The predicted octanol–water partition coefficient (Wildman–Crippen LogP) is 3.67. The summed E-state index contributed by atoms with van der Waals surface area (Å²) in [5.41, 5.74) is 0.900. The molecular formula is C19H18O6. The third kappa shape index (κ3) is 3.93. The van der Waals surface area contributed by atoms with E-state index in [1.807, 2.05) is 6.07 Å². The van der Waals surface area contributed by atoms with Gasteiger partial charge in [0, 0.05) is 25.3 Å². The molecule has 0 aliphatic carbocycles. The van der Waals surface area contributed by atoms with E-state index >= 15 is 0 Å². The first-order valence-corrected chi connectivity index (χ1v) is 7.37. The monoisotopic (exact) mass is 342 g/mol. The maximum Gasteiger partial charge on any atom is 0.518 e. The molecular weight excluding hydrogens is 324 g/mol. The van der Waals surface area contributed by atoms with Crippen LogP contribution in [0.4, 0.5) is 4.79 Å². The van der Waals surface area contributed by atoms with E-state index in [0.717, 1.165) is 6.26 Å². The SMILES string of the molecule is C=COC(=O)Oc1ccc(C(=O)C(OC)(OC)c2ccccc2)cc1. The summed E-state index contributed by atoms with van der Waals surface area (Å²) < 4.78 is 20.2. The Bertz CT molecular complexity index is 732. The lowest BCUT2D eigenvalue weighted by molar-refractivity contribution is -0.176. The minimum absolute atomic E-state index is 0.226. The highest BCUT2D eigenvalue weighted by molar-refractivity contribution is 6.02. The maximum absolute atomic E-state index is 13.0. The van der Waals surface area contributed by atoms with Crippen LogP contribution in [0.2, 0.25) is 0 Å². The van der Waals surface area contributed by atoms with Crippen molar-refractivity contribution in [3.63, 3.8) is 0 Å². The largest absolute Gasteiger partial charge is 0.518 e. The molecule has 25 heavy (non-hydrogen) atoms. The minimum Gasteiger partial charge on any atom is -0.403 e. The van der Waals surface area contributed by atoms with Gasteiger partial charge in [-0.1, -0.05) is 36.9 Å². The fraction of sp³-hybridized carbons (Fsp3) is 0.158. The van der Waals surface area contributed by atoms with Gasteiger partial charge in [0.2, 0.25) is 5.78 Å². The van der Waals surface area contributed by atoms with Gasteiger partial charge in [0.15, 0.2) is 0 Å². The Morgan fingerprint density at radius 3 is 2.08 bits per heavy atom. The summed E-state index contributed by atoms with van der Waals surface area (Å²) >= 11 is 0. The third-order valence-electron chi connectivity index (χ3n) is 3.52. The zero-order valence-corrected chi connectivity index (χ0v) is 13.9. The maximum atomic E-state index is 13.0. The second kappa shape index (κ2) is 8.23. The van der Waals surface area contributed by atoms with Crippen LogP contribution in [0.3, 0.4) is 0 Å². The zero-order valence-electron chi connectivity index (χ0n) is 13.9. The molecule has 0 saturated carbocycles. The molecule has 0 amide bonds. The molecule has 0 aromatic heterocycles. The highest BCUT2D eigenvalue weighted by atomic mass is 16.7. The molecule has 6 heteroatoms. The number of Topliss-reactive ketones (excluding diaryl/α,β-unsaturated/α-hetero) is 1. The fourth-order valence-electron chi connectivity index (χ4n) is 2.35. The lowest BCUT2D eigenvalue weighted by Gasteiger charge is -2.29. The Labute approximate surface area is 145 Å². The number of ketones is 1. The summed E-state index contributed by atoms with van der Waals surface area (Å²) in [5.74, 6) is -1.72. The smallest absolute Gasteiger partial charge is 0.403 e. The van der Waals surface area contributed by atoms with Gasteiger partial charge in [0.1, 0.15) is 5.75 Å². The van der Waals surface area contributed by atoms with Crippen LogP contribution >= 0.6 is 0 Å². The quantitative estimate of drug-likeness (QED) is 0.251. The van der Waals surface area contributed by atoms with Crippen LogP contribution in [0.1, 0.15) is 15.9 Å². The van der Waals surface area contributed by atoms with E-state index in [4.69, 9.17) is 14.2 Å². The van der Waals surface area contributed by atoms with Crippen molar-refractivity contribution in [2.24, 2.45) is 0 Å². The highest BCUT2D eigenvalue weighted by Crippen LogP contribution is 2.30. The van der Waals surface area contributed by atoms with E-state index in [-0.39, 0.29) is 11.5 Å². The van der Waals surface area contributed by atoms with E-state index in [1.54, 1.807) is 24.3 Å². The van der Waals surface area contributed by atoms with Gasteiger partial charge in [-0.05, 0) is 24.3 Å². The summed E-state index contributed by atoms with van der Waals surface area (Å²) in [4.78, 5) is 24.2. The Morgan fingerprint density at radius 2 is 1.56 bits per heavy atom. The molecule has 0 fully saturated rings. The van der Waals surface area contributed by atoms with Crippen molar-refractivity contribution in [3.05, 3.63) is 78.6 Å². The first-order chi connectivity index (χ1) is 12.1. The molecule has 2 aromatic carbocycles. The number of hydrogen-bond donors (Lipinski definition) is 0. The Kier molecular flexibility index (Phi) is 6.05.